The third-order valence-corrected chi connectivity index (χ3v) is 5.83. The molecule has 1 saturated heterocycles. The number of ether oxygens (including phenoxy) is 1. The van der Waals surface area contributed by atoms with Crippen LogP contribution in [0.4, 0.5) is 0 Å². The lowest BCUT2D eigenvalue weighted by Gasteiger charge is -2.22. The number of likely N-dealkylation sites (tertiary alicyclic amines) is 1. The number of hydrogen-bond acceptors (Lipinski definition) is 4. The molecule has 0 unspecified atom stereocenters. The highest BCUT2D eigenvalue weighted by Crippen LogP contribution is 2.25. The maximum Gasteiger partial charge on any atom is 0.237 e. The molecule has 0 bridgehead atoms. The minimum atomic E-state index is -0.0959. The van der Waals surface area contributed by atoms with Crippen molar-refractivity contribution in [2.75, 3.05) is 20.7 Å². The van der Waals surface area contributed by atoms with E-state index in [-0.39, 0.29) is 18.0 Å². The third kappa shape index (κ3) is 4.54. The predicted molar refractivity (Wildman–Crippen MR) is 112 cm³/mol. The molecule has 1 aliphatic heterocycles. The Kier molecular flexibility index (Phi) is 6.70. The van der Waals surface area contributed by atoms with Gasteiger partial charge in [-0.2, -0.15) is 0 Å². The minimum absolute atomic E-state index is 0.0942. The van der Waals surface area contributed by atoms with E-state index in [1.54, 1.807) is 14.2 Å². The lowest BCUT2D eigenvalue weighted by atomic mass is 10.0. The fourth-order valence-electron chi connectivity index (χ4n) is 4.00. The quantitative estimate of drug-likeness (QED) is 0.774. The minimum Gasteiger partial charge on any atom is -0.496 e. The number of likely N-dealkylation sites (N-methyl/N-ethyl adjacent to an activating group) is 1. The SMILES string of the molecule is CNC(=O)[C@@H]1C[C@@H](NCc2ccc(OC)c(C)c2C)CN1Cc1ccccc1. The molecule has 2 aromatic rings. The van der Waals surface area contributed by atoms with Gasteiger partial charge in [0.05, 0.1) is 13.2 Å². The summed E-state index contributed by atoms with van der Waals surface area (Å²) >= 11 is 0. The molecule has 1 fully saturated rings. The van der Waals surface area contributed by atoms with Gasteiger partial charge in [-0.1, -0.05) is 36.4 Å². The summed E-state index contributed by atoms with van der Waals surface area (Å²) in [6.45, 7) is 6.68. The summed E-state index contributed by atoms with van der Waals surface area (Å²) in [5, 5.41) is 6.49. The molecular formula is C23H31N3O2. The molecular weight excluding hydrogens is 350 g/mol. The average molecular weight is 382 g/mol. The van der Waals surface area contributed by atoms with Crippen LogP contribution in [0.5, 0.6) is 5.75 Å². The van der Waals surface area contributed by atoms with Gasteiger partial charge in [0.25, 0.3) is 0 Å². The zero-order valence-electron chi connectivity index (χ0n) is 17.3. The first kappa shape index (κ1) is 20.4. The molecule has 1 amide bonds. The number of benzene rings is 2. The molecule has 1 aliphatic rings. The molecule has 2 aromatic carbocycles. The smallest absolute Gasteiger partial charge is 0.237 e. The van der Waals surface area contributed by atoms with Crippen LogP contribution in [0, 0.1) is 13.8 Å². The van der Waals surface area contributed by atoms with E-state index in [0.29, 0.717) is 0 Å². The molecule has 2 atom stereocenters. The van der Waals surface area contributed by atoms with E-state index in [1.807, 2.05) is 24.3 Å². The zero-order chi connectivity index (χ0) is 20.1. The Morgan fingerprint density at radius 2 is 1.89 bits per heavy atom. The first-order chi connectivity index (χ1) is 13.5. The summed E-state index contributed by atoms with van der Waals surface area (Å²) in [4.78, 5) is 14.7. The van der Waals surface area contributed by atoms with E-state index in [2.05, 4.69) is 47.6 Å². The van der Waals surface area contributed by atoms with Crippen LogP contribution in [0.2, 0.25) is 0 Å². The number of hydrogen-bond donors (Lipinski definition) is 2. The lowest BCUT2D eigenvalue weighted by molar-refractivity contribution is -0.125. The normalized spacial score (nSPS) is 19.6. The molecule has 0 aromatic heterocycles. The summed E-state index contributed by atoms with van der Waals surface area (Å²) < 4.78 is 5.41. The average Bonchev–Trinajstić information content (AvgIpc) is 3.12. The van der Waals surface area contributed by atoms with Crippen molar-refractivity contribution in [1.29, 1.82) is 0 Å². The topological polar surface area (TPSA) is 53.6 Å². The molecule has 0 spiro atoms. The number of rotatable bonds is 7. The van der Waals surface area contributed by atoms with Gasteiger partial charge in [0, 0.05) is 32.7 Å². The largest absolute Gasteiger partial charge is 0.496 e. The third-order valence-electron chi connectivity index (χ3n) is 5.83. The second kappa shape index (κ2) is 9.22. The highest BCUT2D eigenvalue weighted by atomic mass is 16.5. The first-order valence-electron chi connectivity index (χ1n) is 9.89. The van der Waals surface area contributed by atoms with Gasteiger partial charge in [-0.15, -0.1) is 0 Å². The second-order valence-electron chi connectivity index (χ2n) is 7.54. The van der Waals surface area contributed by atoms with Gasteiger partial charge in [0.15, 0.2) is 0 Å². The van der Waals surface area contributed by atoms with Gasteiger partial charge < -0.3 is 15.4 Å². The highest BCUT2D eigenvalue weighted by Gasteiger charge is 2.36. The molecule has 0 aliphatic carbocycles. The summed E-state index contributed by atoms with van der Waals surface area (Å²) in [7, 11) is 3.42. The van der Waals surface area contributed by atoms with Gasteiger partial charge in [-0.05, 0) is 48.6 Å². The summed E-state index contributed by atoms with van der Waals surface area (Å²) in [5.74, 6) is 1.02. The highest BCUT2D eigenvalue weighted by molar-refractivity contribution is 5.81. The van der Waals surface area contributed by atoms with Crippen molar-refractivity contribution in [3.63, 3.8) is 0 Å². The number of nitrogens with one attached hydrogen (secondary N) is 2. The molecule has 0 radical (unpaired) electrons. The molecule has 5 nitrogen and oxygen atoms in total. The van der Waals surface area contributed by atoms with Crippen LogP contribution < -0.4 is 15.4 Å². The monoisotopic (exact) mass is 381 g/mol. The predicted octanol–water partition coefficient (Wildman–Crippen LogP) is 2.79. The van der Waals surface area contributed by atoms with Crippen molar-refractivity contribution < 1.29 is 9.53 Å². The molecule has 150 valence electrons. The Labute approximate surface area is 168 Å². The molecule has 2 N–H and O–H groups in total. The van der Waals surface area contributed by atoms with Gasteiger partial charge in [0.1, 0.15) is 5.75 Å². The van der Waals surface area contributed by atoms with E-state index in [9.17, 15) is 4.79 Å². The molecule has 1 heterocycles. The first-order valence-corrected chi connectivity index (χ1v) is 9.89. The van der Waals surface area contributed by atoms with Crippen LogP contribution in [-0.2, 0) is 17.9 Å². The van der Waals surface area contributed by atoms with Gasteiger partial charge in [-0.25, -0.2) is 0 Å². The zero-order valence-corrected chi connectivity index (χ0v) is 17.3. The van der Waals surface area contributed by atoms with Crippen molar-refractivity contribution in [3.05, 3.63) is 64.7 Å². The van der Waals surface area contributed by atoms with Crippen LogP contribution in [0.3, 0.4) is 0 Å². The maximum atomic E-state index is 12.4. The second-order valence-corrected chi connectivity index (χ2v) is 7.54. The lowest BCUT2D eigenvalue weighted by Crippen LogP contribution is -2.41. The Morgan fingerprint density at radius 1 is 1.14 bits per heavy atom. The Bertz CT molecular complexity index is 807. The molecule has 0 saturated carbocycles. The standard InChI is InChI=1S/C23H31N3O2/c1-16-17(2)22(28-4)11-10-19(16)13-25-20-12-21(23(27)24-3)26(15-20)14-18-8-6-5-7-9-18/h5-11,20-21,25H,12-15H2,1-4H3,(H,24,27)/t20-,21+/m1/s1. The molecule has 5 heteroatoms. The Balaban J connectivity index is 1.66. The van der Waals surface area contributed by atoms with E-state index >= 15 is 0 Å². The van der Waals surface area contributed by atoms with Crippen molar-refractivity contribution in [2.24, 2.45) is 0 Å². The van der Waals surface area contributed by atoms with Crippen molar-refractivity contribution in [3.8, 4) is 5.75 Å². The van der Waals surface area contributed by atoms with Crippen molar-refractivity contribution >= 4 is 5.91 Å². The van der Waals surface area contributed by atoms with E-state index < -0.39 is 0 Å². The fraction of sp³-hybridized carbons (Fsp3) is 0.435. The fourth-order valence-corrected chi connectivity index (χ4v) is 4.00. The number of carbonyl (C=O) groups excluding carboxylic acids is 1. The van der Waals surface area contributed by atoms with Crippen LogP contribution >= 0.6 is 0 Å². The summed E-state index contributed by atoms with van der Waals surface area (Å²) in [5.41, 5.74) is 4.95. The molecule has 28 heavy (non-hydrogen) atoms. The number of methoxy groups -OCH3 is 1. The van der Waals surface area contributed by atoms with Crippen LogP contribution in [0.15, 0.2) is 42.5 Å². The van der Waals surface area contributed by atoms with E-state index in [0.717, 1.165) is 31.8 Å². The van der Waals surface area contributed by atoms with Crippen molar-refractivity contribution in [2.45, 2.75) is 45.4 Å². The van der Waals surface area contributed by atoms with Crippen LogP contribution in [0.1, 0.15) is 28.7 Å². The van der Waals surface area contributed by atoms with E-state index in [1.165, 1.54) is 22.3 Å². The van der Waals surface area contributed by atoms with Gasteiger partial charge in [0.2, 0.25) is 5.91 Å². The maximum absolute atomic E-state index is 12.4. The summed E-state index contributed by atoms with van der Waals surface area (Å²) in [6.07, 6.45) is 0.820. The van der Waals surface area contributed by atoms with E-state index in [4.69, 9.17) is 4.74 Å². The Morgan fingerprint density at radius 3 is 2.57 bits per heavy atom. The van der Waals surface area contributed by atoms with Crippen LogP contribution in [0.25, 0.3) is 0 Å². The number of amides is 1. The van der Waals surface area contributed by atoms with Crippen molar-refractivity contribution in [1.82, 2.24) is 15.5 Å². The van der Waals surface area contributed by atoms with Gasteiger partial charge >= 0.3 is 0 Å². The van der Waals surface area contributed by atoms with Crippen LogP contribution in [-0.4, -0.2) is 43.6 Å². The Hall–Kier alpha value is -2.37. The number of carbonyl (C=O) groups is 1. The summed E-state index contributed by atoms with van der Waals surface area (Å²) in [6, 6.07) is 14.7. The van der Waals surface area contributed by atoms with Gasteiger partial charge in [-0.3, -0.25) is 9.69 Å². The molecule has 3 rings (SSSR count). The number of nitrogens with zero attached hydrogens (tertiary/aromatic N) is 1.